The summed E-state index contributed by atoms with van der Waals surface area (Å²) in [6, 6.07) is 2.81. The van der Waals surface area contributed by atoms with Crippen LogP contribution in [0.15, 0.2) is 59.5 Å². The van der Waals surface area contributed by atoms with Crippen molar-refractivity contribution >= 4 is 17.8 Å². The lowest BCUT2D eigenvalue weighted by molar-refractivity contribution is -0.132. The fourth-order valence-corrected chi connectivity index (χ4v) is 3.68. The van der Waals surface area contributed by atoms with Crippen molar-refractivity contribution in [2.24, 2.45) is 0 Å². The molecular formula is C27H32N2O8. The molecule has 0 saturated heterocycles. The Balaban J connectivity index is 1.86. The van der Waals surface area contributed by atoms with E-state index in [0.29, 0.717) is 5.76 Å². The van der Waals surface area contributed by atoms with E-state index in [-0.39, 0.29) is 28.6 Å². The molecule has 3 rings (SSSR count). The third kappa shape index (κ3) is 6.52. The number of benzene rings is 1. The van der Waals surface area contributed by atoms with Gasteiger partial charge in [0.05, 0.1) is 19.8 Å². The Morgan fingerprint density at radius 2 is 1.70 bits per heavy atom. The second-order valence-corrected chi connectivity index (χ2v) is 9.41. The summed E-state index contributed by atoms with van der Waals surface area (Å²) in [6.07, 6.45) is 8.32. The molecule has 0 atom stereocenters. The number of hydrazine groups is 1. The Hall–Kier alpha value is -4.21. The summed E-state index contributed by atoms with van der Waals surface area (Å²) < 4.78 is 27.0. The number of esters is 1. The molecule has 10 nitrogen and oxygen atoms in total. The molecule has 1 heterocycles. The maximum atomic E-state index is 13.6. The van der Waals surface area contributed by atoms with Crippen molar-refractivity contribution in [3.8, 4) is 17.2 Å². The Morgan fingerprint density at radius 3 is 2.24 bits per heavy atom. The highest BCUT2D eigenvalue weighted by Crippen LogP contribution is 2.39. The van der Waals surface area contributed by atoms with Gasteiger partial charge in [-0.2, -0.15) is 0 Å². The second-order valence-electron chi connectivity index (χ2n) is 9.41. The van der Waals surface area contributed by atoms with E-state index in [2.05, 4.69) is 11.5 Å². The zero-order chi connectivity index (χ0) is 27.3. The van der Waals surface area contributed by atoms with E-state index in [9.17, 15) is 14.4 Å². The van der Waals surface area contributed by atoms with Gasteiger partial charge >= 0.3 is 11.9 Å². The molecule has 1 aromatic rings. The summed E-state index contributed by atoms with van der Waals surface area (Å²) in [5.41, 5.74) is 3.92. The molecule has 0 aromatic heterocycles. The third-order valence-corrected chi connectivity index (χ3v) is 5.43. The topological polar surface area (TPSA) is 113 Å². The molecule has 0 spiro atoms. The van der Waals surface area contributed by atoms with Crippen molar-refractivity contribution in [1.29, 1.82) is 0 Å². The average Bonchev–Trinajstić information content (AvgIpc) is 2.85. The predicted octanol–water partition coefficient (Wildman–Crippen LogP) is 4.30. The van der Waals surface area contributed by atoms with Crippen LogP contribution in [0.4, 0.5) is 0 Å². The Bertz CT molecular complexity index is 1190. The molecule has 37 heavy (non-hydrogen) atoms. The number of carbonyl (C=O) groups excluding carboxylic acids is 3. The molecule has 198 valence electrons. The maximum absolute atomic E-state index is 13.6. The molecule has 1 aliphatic heterocycles. The number of nitrogens with zero attached hydrogens (tertiary/aromatic N) is 1. The van der Waals surface area contributed by atoms with Crippen molar-refractivity contribution in [2.45, 2.75) is 53.0 Å². The smallest absolute Gasteiger partial charge is 0.308 e. The highest BCUT2D eigenvalue weighted by Gasteiger charge is 2.33. The van der Waals surface area contributed by atoms with Gasteiger partial charge in [0.2, 0.25) is 11.5 Å². The molecule has 1 N–H and O–H groups in total. The summed E-state index contributed by atoms with van der Waals surface area (Å²) in [5.74, 6) is -1.21. The molecular weight excluding hydrogens is 480 g/mol. The standard InChI is InChI=1S/C27H32N2O8/c1-16-9-8-10-18(11-16)22-14-35-15-23(37-22)25(31)28-29(27(3,4)5)26(32)19-12-20(33-6)24(36-17(2)30)21(13-19)34-7/h9,11-15H,8,10H2,1-7H3,(H,28,31). The van der Waals surface area contributed by atoms with E-state index in [1.165, 1.54) is 50.8 Å². The van der Waals surface area contributed by atoms with E-state index in [1.54, 1.807) is 20.8 Å². The van der Waals surface area contributed by atoms with Crippen LogP contribution in [-0.2, 0) is 19.1 Å². The predicted molar refractivity (Wildman–Crippen MR) is 134 cm³/mol. The first-order chi connectivity index (χ1) is 17.4. The van der Waals surface area contributed by atoms with E-state index >= 15 is 0 Å². The highest BCUT2D eigenvalue weighted by molar-refractivity contribution is 5.99. The molecule has 2 aliphatic rings. The monoisotopic (exact) mass is 512 g/mol. The normalized spacial score (nSPS) is 15.0. The largest absolute Gasteiger partial charge is 0.493 e. The first-order valence-electron chi connectivity index (χ1n) is 11.7. The first-order valence-corrected chi connectivity index (χ1v) is 11.7. The van der Waals surface area contributed by atoms with Crippen molar-refractivity contribution in [3.63, 3.8) is 0 Å². The minimum absolute atomic E-state index is 0.0414. The van der Waals surface area contributed by atoms with Crippen LogP contribution < -0.4 is 19.6 Å². The number of hydrogen-bond acceptors (Lipinski definition) is 8. The van der Waals surface area contributed by atoms with Gasteiger partial charge < -0.3 is 23.7 Å². The minimum Gasteiger partial charge on any atom is -0.493 e. The molecule has 0 unspecified atom stereocenters. The van der Waals surface area contributed by atoms with Crippen LogP contribution in [0, 0.1) is 0 Å². The van der Waals surface area contributed by atoms with E-state index in [0.717, 1.165) is 24.0 Å². The van der Waals surface area contributed by atoms with Gasteiger partial charge in [-0.1, -0.05) is 17.7 Å². The minimum atomic E-state index is -0.843. The third-order valence-electron chi connectivity index (χ3n) is 5.43. The summed E-state index contributed by atoms with van der Waals surface area (Å²) in [4.78, 5) is 38.3. The Morgan fingerprint density at radius 1 is 1.05 bits per heavy atom. The van der Waals surface area contributed by atoms with E-state index in [1.807, 2.05) is 13.0 Å². The van der Waals surface area contributed by atoms with Crippen molar-refractivity contribution in [2.75, 3.05) is 14.2 Å². The number of rotatable bonds is 6. The maximum Gasteiger partial charge on any atom is 0.308 e. The SMILES string of the molecule is COc1cc(C(=O)N(NC(=O)C2=COC=C(C3=CC(C)=CCC3)O2)C(C)(C)C)cc(OC)c1OC(C)=O. The van der Waals surface area contributed by atoms with Gasteiger partial charge in [-0.3, -0.25) is 19.8 Å². The van der Waals surface area contributed by atoms with Gasteiger partial charge in [-0.25, -0.2) is 5.01 Å². The van der Waals surface area contributed by atoms with Crippen molar-refractivity contribution < 1.29 is 38.1 Å². The van der Waals surface area contributed by atoms with E-state index < -0.39 is 23.3 Å². The molecule has 0 bridgehead atoms. The lowest BCUT2D eigenvalue weighted by Gasteiger charge is -2.36. The van der Waals surface area contributed by atoms with Crippen LogP contribution in [0.1, 0.15) is 57.8 Å². The number of ether oxygens (including phenoxy) is 5. The molecule has 0 saturated carbocycles. The van der Waals surface area contributed by atoms with E-state index in [4.69, 9.17) is 23.7 Å². The van der Waals surface area contributed by atoms with Crippen LogP contribution in [0.2, 0.25) is 0 Å². The van der Waals surface area contributed by atoms with Crippen LogP contribution in [0.5, 0.6) is 17.2 Å². The zero-order valence-corrected chi connectivity index (χ0v) is 22.1. The van der Waals surface area contributed by atoms with Gasteiger partial charge in [0.25, 0.3) is 5.91 Å². The number of carbonyl (C=O) groups is 3. The fraction of sp³-hybridized carbons (Fsp3) is 0.370. The molecule has 2 amide bonds. The van der Waals surface area contributed by atoms with Gasteiger partial charge in [-0.05, 0) is 58.2 Å². The second kappa shape index (κ2) is 11.2. The first kappa shape index (κ1) is 27.4. The lowest BCUT2D eigenvalue weighted by atomic mass is 9.99. The molecule has 1 aromatic carbocycles. The Labute approximate surface area is 216 Å². The van der Waals surface area contributed by atoms with Crippen LogP contribution in [0.25, 0.3) is 0 Å². The van der Waals surface area contributed by atoms with Crippen molar-refractivity contribution in [3.05, 3.63) is 65.0 Å². The average molecular weight is 513 g/mol. The number of amides is 2. The van der Waals surface area contributed by atoms with Crippen LogP contribution in [-0.4, -0.2) is 42.6 Å². The van der Waals surface area contributed by atoms with Gasteiger partial charge in [0, 0.05) is 12.5 Å². The fourth-order valence-electron chi connectivity index (χ4n) is 3.68. The van der Waals surface area contributed by atoms with Crippen molar-refractivity contribution in [1.82, 2.24) is 10.4 Å². The highest BCUT2D eigenvalue weighted by atomic mass is 16.6. The summed E-state index contributed by atoms with van der Waals surface area (Å²) in [5, 5.41) is 1.17. The zero-order valence-electron chi connectivity index (χ0n) is 22.1. The van der Waals surface area contributed by atoms with Crippen LogP contribution >= 0.6 is 0 Å². The molecule has 0 radical (unpaired) electrons. The van der Waals surface area contributed by atoms with Gasteiger partial charge in [0.1, 0.15) is 12.5 Å². The number of nitrogens with one attached hydrogen (secondary N) is 1. The quantitative estimate of drug-likeness (QED) is 0.341. The molecule has 10 heteroatoms. The summed E-state index contributed by atoms with van der Waals surface area (Å²) in [7, 11) is 2.74. The number of hydrogen-bond donors (Lipinski definition) is 1. The van der Waals surface area contributed by atoms with Gasteiger partial charge in [0.15, 0.2) is 17.3 Å². The number of methoxy groups -OCH3 is 2. The lowest BCUT2D eigenvalue weighted by Crippen LogP contribution is -2.56. The molecule has 0 fully saturated rings. The Kier molecular flexibility index (Phi) is 8.31. The summed E-state index contributed by atoms with van der Waals surface area (Å²) in [6.45, 7) is 8.50. The molecule has 1 aliphatic carbocycles. The van der Waals surface area contributed by atoms with Gasteiger partial charge in [-0.15, -0.1) is 0 Å². The van der Waals surface area contributed by atoms with Crippen LogP contribution in [0.3, 0.4) is 0 Å². The number of allylic oxidation sites excluding steroid dienone is 4. The summed E-state index contributed by atoms with van der Waals surface area (Å²) >= 11 is 0.